The average Bonchev–Trinajstić information content (AvgIpc) is 3.33. The van der Waals surface area contributed by atoms with E-state index in [1.807, 2.05) is 0 Å². The lowest BCUT2D eigenvalue weighted by molar-refractivity contribution is -0.142. The van der Waals surface area contributed by atoms with E-state index in [0.29, 0.717) is 5.56 Å². The number of nitrogens with zero attached hydrogens (tertiary/aromatic N) is 1. The molecule has 0 spiro atoms. The van der Waals surface area contributed by atoms with Crippen LogP contribution in [-0.4, -0.2) is 49.6 Å². The summed E-state index contributed by atoms with van der Waals surface area (Å²) in [5.74, 6) is -1.35. The molecule has 1 saturated heterocycles. The third kappa shape index (κ3) is 5.04. The van der Waals surface area contributed by atoms with Crippen LogP contribution in [0.5, 0.6) is 5.75 Å². The zero-order chi connectivity index (χ0) is 22.5. The second-order valence-electron chi connectivity index (χ2n) is 6.19. The summed E-state index contributed by atoms with van der Waals surface area (Å²) < 4.78 is 19.6. The molecule has 11 heteroatoms. The Morgan fingerprint density at radius 3 is 2.61 bits per heavy atom. The maximum absolute atomic E-state index is 12.6. The summed E-state index contributed by atoms with van der Waals surface area (Å²) in [6.45, 7) is -0.468. The van der Waals surface area contributed by atoms with Crippen LogP contribution in [0.3, 0.4) is 0 Å². The van der Waals surface area contributed by atoms with Crippen molar-refractivity contribution in [2.45, 2.75) is 6.54 Å². The van der Waals surface area contributed by atoms with E-state index < -0.39 is 23.9 Å². The van der Waals surface area contributed by atoms with Crippen LogP contribution in [0.25, 0.3) is 6.08 Å². The number of imide groups is 1. The van der Waals surface area contributed by atoms with E-state index in [-0.39, 0.29) is 41.1 Å². The summed E-state index contributed by atoms with van der Waals surface area (Å²) in [5, 5.41) is 2.68. The Kier molecular flexibility index (Phi) is 6.61. The molecule has 1 fully saturated rings. The number of halogens is 1. The Bertz CT molecular complexity index is 1070. The Morgan fingerprint density at radius 1 is 1.16 bits per heavy atom. The molecular weight excluding hydrogens is 432 g/mol. The van der Waals surface area contributed by atoms with Crippen molar-refractivity contribution >= 4 is 41.6 Å². The Hall–Kier alpha value is -3.79. The van der Waals surface area contributed by atoms with Crippen LogP contribution < -0.4 is 10.1 Å². The van der Waals surface area contributed by atoms with E-state index >= 15 is 0 Å². The van der Waals surface area contributed by atoms with Crippen LogP contribution >= 0.6 is 11.6 Å². The first kappa shape index (κ1) is 21.9. The van der Waals surface area contributed by atoms with Gasteiger partial charge in [0.05, 0.1) is 25.8 Å². The fourth-order valence-electron chi connectivity index (χ4n) is 2.63. The molecule has 162 valence electrons. The average molecular weight is 449 g/mol. The van der Waals surface area contributed by atoms with Gasteiger partial charge in [0.25, 0.3) is 5.91 Å². The lowest BCUT2D eigenvalue weighted by Gasteiger charge is -2.09. The van der Waals surface area contributed by atoms with Gasteiger partial charge in [-0.15, -0.1) is 0 Å². The number of carbonyl (C=O) groups excluding carboxylic acids is 4. The first-order chi connectivity index (χ1) is 14.8. The number of esters is 2. The SMILES string of the molecule is COC(=O)COc1ccc(C=C2NC(=O)N(Cc3ccc(C(=O)OC)o3)C2=O)cc1Cl. The number of urea groups is 1. The molecule has 0 radical (unpaired) electrons. The molecule has 10 nitrogen and oxygen atoms in total. The first-order valence-electron chi connectivity index (χ1n) is 8.83. The van der Waals surface area contributed by atoms with Gasteiger partial charge in [0.15, 0.2) is 6.61 Å². The molecule has 3 rings (SSSR count). The summed E-state index contributed by atoms with van der Waals surface area (Å²) in [4.78, 5) is 48.4. The van der Waals surface area contributed by atoms with Crippen LogP contribution in [0.4, 0.5) is 4.79 Å². The van der Waals surface area contributed by atoms with Gasteiger partial charge < -0.3 is 23.9 Å². The highest BCUT2D eigenvalue weighted by Gasteiger charge is 2.34. The second-order valence-corrected chi connectivity index (χ2v) is 6.60. The fourth-order valence-corrected chi connectivity index (χ4v) is 2.87. The maximum atomic E-state index is 12.6. The van der Waals surface area contributed by atoms with Gasteiger partial charge in [-0.3, -0.25) is 9.69 Å². The van der Waals surface area contributed by atoms with Gasteiger partial charge in [-0.25, -0.2) is 14.4 Å². The predicted octanol–water partition coefficient (Wildman–Crippen LogP) is 2.36. The highest BCUT2D eigenvalue weighted by atomic mass is 35.5. The predicted molar refractivity (Wildman–Crippen MR) is 106 cm³/mol. The molecule has 1 aromatic heterocycles. The zero-order valence-corrected chi connectivity index (χ0v) is 17.2. The molecule has 1 aliphatic heterocycles. The number of methoxy groups -OCH3 is 2. The molecule has 0 bridgehead atoms. The van der Waals surface area contributed by atoms with Crippen LogP contribution in [-0.2, 0) is 25.6 Å². The Balaban J connectivity index is 1.71. The lowest BCUT2D eigenvalue weighted by atomic mass is 10.2. The molecule has 1 aromatic carbocycles. The maximum Gasteiger partial charge on any atom is 0.373 e. The first-order valence-corrected chi connectivity index (χ1v) is 9.21. The van der Waals surface area contributed by atoms with Gasteiger partial charge in [-0.2, -0.15) is 0 Å². The highest BCUT2D eigenvalue weighted by molar-refractivity contribution is 6.32. The second kappa shape index (κ2) is 9.35. The van der Waals surface area contributed by atoms with Crippen molar-refractivity contribution in [3.63, 3.8) is 0 Å². The molecule has 2 aromatic rings. The van der Waals surface area contributed by atoms with Crippen molar-refractivity contribution < 1.29 is 37.8 Å². The van der Waals surface area contributed by atoms with Crippen LogP contribution in [0, 0.1) is 0 Å². The number of hydrogen-bond donors (Lipinski definition) is 1. The molecule has 0 unspecified atom stereocenters. The van der Waals surface area contributed by atoms with E-state index in [4.69, 9.17) is 20.8 Å². The third-order valence-corrected chi connectivity index (χ3v) is 4.46. The van der Waals surface area contributed by atoms with Gasteiger partial charge in [-0.05, 0) is 35.9 Å². The summed E-state index contributed by atoms with van der Waals surface area (Å²) >= 11 is 6.14. The summed E-state index contributed by atoms with van der Waals surface area (Å²) in [6, 6.07) is 6.86. The van der Waals surface area contributed by atoms with Gasteiger partial charge in [0.2, 0.25) is 5.76 Å². The molecule has 0 aliphatic carbocycles. The van der Waals surface area contributed by atoms with E-state index in [0.717, 1.165) is 4.90 Å². The number of carbonyl (C=O) groups is 4. The minimum absolute atomic E-state index is 0.0315. The smallest absolute Gasteiger partial charge is 0.373 e. The van der Waals surface area contributed by atoms with Gasteiger partial charge in [0, 0.05) is 0 Å². The number of hydrogen-bond acceptors (Lipinski definition) is 8. The number of benzene rings is 1. The van der Waals surface area contributed by atoms with E-state index in [1.165, 1.54) is 44.6 Å². The van der Waals surface area contributed by atoms with Crippen LogP contribution in [0.15, 0.2) is 40.4 Å². The molecule has 1 aliphatic rings. The standard InChI is InChI=1S/C20H17ClN2O8/c1-28-17(24)10-30-15-5-3-11(7-13(15)21)8-14-18(25)23(20(27)22-14)9-12-4-6-16(31-12)19(26)29-2/h3-8H,9-10H2,1-2H3,(H,22,27). The number of amides is 3. The minimum Gasteiger partial charge on any atom is -0.480 e. The number of ether oxygens (including phenoxy) is 3. The van der Waals surface area contributed by atoms with E-state index in [1.54, 1.807) is 6.07 Å². The molecule has 0 atom stereocenters. The van der Waals surface area contributed by atoms with Crippen LogP contribution in [0.2, 0.25) is 5.02 Å². The summed E-state index contributed by atoms with van der Waals surface area (Å²) in [5.41, 5.74) is 0.552. The monoisotopic (exact) mass is 448 g/mol. The molecule has 3 amide bonds. The van der Waals surface area contributed by atoms with Crippen molar-refractivity contribution in [2.75, 3.05) is 20.8 Å². The van der Waals surface area contributed by atoms with Crippen molar-refractivity contribution in [1.82, 2.24) is 10.2 Å². The van der Waals surface area contributed by atoms with E-state index in [9.17, 15) is 19.2 Å². The largest absolute Gasteiger partial charge is 0.480 e. The zero-order valence-electron chi connectivity index (χ0n) is 16.5. The normalized spacial score (nSPS) is 14.5. The van der Waals surface area contributed by atoms with Gasteiger partial charge >= 0.3 is 18.0 Å². The topological polar surface area (TPSA) is 124 Å². The number of rotatable bonds is 7. The van der Waals surface area contributed by atoms with Crippen molar-refractivity contribution in [3.8, 4) is 5.75 Å². The minimum atomic E-state index is -0.667. The molecule has 2 heterocycles. The molecule has 0 saturated carbocycles. The van der Waals surface area contributed by atoms with E-state index in [2.05, 4.69) is 14.8 Å². The van der Waals surface area contributed by atoms with Crippen molar-refractivity contribution in [3.05, 3.63) is 58.1 Å². The summed E-state index contributed by atoms with van der Waals surface area (Å²) in [7, 11) is 2.45. The number of nitrogens with one attached hydrogen (secondary N) is 1. The number of furan rings is 1. The van der Waals surface area contributed by atoms with Gasteiger partial charge in [-0.1, -0.05) is 17.7 Å². The Morgan fingerprint density at radius 2 is 1.94 bits per heavy atom. The highest BCUT2D eigenvalue weighted by Crippen LogP contribution is 2.27. The fraction of sp³-hybridized carbons (Fsp3) is 0.200. The van der Waals surface area contributed by atoms with Gasteiger partial charge in [0.1, 0.15) is 17.2 Å². The van der Waals surface area contributed by atoms with Crippen molar-refractivity contribution in [1.29, 1.82) is 0 Å². The lowest BCUT2D eigenvalue weighted by Crippen LogP contribution is -2.30. The van der Waals surface area contributed by atoms with Crippen molar-refractivity contribution in [2.24, 2.45) is 0 Å². The molecular formula is C20H17ClN2O8. The summed E-state index contributed by atoms with van der Waals surface area (Å²) in [6.07, 6.45) is 1.44. The quantitative estimate of drug-likeness (QED) is 0.389. The Labute approximate surface area is 181 Å². The molecule has 31 heavy (non-hydrogen) atoms. The van der Waals surface area contributed by atoms with Crippen LogP contribution in [0.1, 0.15) is 21.9 Å². The third-order valence-electron chi connectivity index (χ3n) is 4.16. The molecule has 1 N–H and O–H groups in total.